The number of fused-ring (bicyclic) bond motifs is 1. The smallest absolute Gasteiger partial charge is 0.276 e. The second-order valence-electron chi connectivity index (χ2n) is 5.42. The summed E-state index contributed by atoms with van der Waals surface area (Å²) in [6.07, 6.45) is 0. The lowest BCUT2D eigenvalue weighted by Gasteiger charge is -2.02. The largest absolute Gasteiger partial charge is 0.454 e. The van der Waals surface area contributed by atoms with Gasteiger partial charge in [-0.3, -0.25) is 0 Å². The SMILES string of the molecule is O=S(=O)(CCSc1nnc(-c2ccc3c(c2)OCO3)o1)c1ccccc1. The van der Waals surface area contributed by atoms with E-state index in [4.69, 9.17) is 13.9 Å². The number of nitrogens with zero attached hydrogens (tertiary/aromatic N) is 2. The van der Waals surface area contributed by atoms with Crippen LogP contribution in [0.5, 0.6) is 11.5 Å². The van der Waals surface area contributed by atoms with Gasteiger partial charge in [-0.05, 0) is 30.3 Å². The molecule has 0 aliphatic carbocycles. The highest BCUT2D eigenvalue weighted by Crippen LogP contribution is 2.36. The predicted molar refractivity (Wildman–Crippen MR) is 95.1 cm³/mol. The molecule has 9 heteroatoms. The van der Waals surface area contributed by atoms with E-state index < -0.39 is 9.84 Å². The fraction of sp³-hybridized carbons (Fsp3) is 0.176. The highest BCUT2D eigenvalue weighted by atomic mass is 32.2. The molecule has 0 radical (unpaired) electrons. The van der Waals surface area contributed by atoms with Gasteiger partial charge in [-0.1, -0.05) is 30.0 Å². The van der Waals surface area contributed by atoms with Crippen molar-refractivity contribution in [2.24, 2.45) is 0 Å². The van der Waals surface area contributed by atoms with Crippen molar-refractivity contribution in [3.63, 3.8) is 0 Å². The molecule has 0 N–H and O–H groups in total. The zero-order valence-corrected chi connectivity index (χ0v) is 15.1. The van der Waals surface area contributed by atoms with Crippen molar-refractivity contribution in [3.05, 3.63) is 48.5 Å². The third kappa shape index (κ3) is 3.54. The van der Waals surface area contributed by atoms with Crippen molar-refractivity contribution in [2.45, 2.75) is 10.1 Å². The summed E-state index contributed by atoms with van der Waals surface area (Å²) in [7, 11) is -3.32. The Hall–Kier alpha value is -2.52. The Morgan fingerprint density at radius 1 is 1.00 bits per heavy atom. The molecule has 0 atom stereocenters. The third-order valence-corrected chi connectivity index (χ3v) is 6.52. The predicted octanol–water partition coefficient (Wildman–Crippen LogP) is 3.03. The van der Waals surface area contributed by atoms with Gasteiger partial charge in [0.15, 0.2) is 21.3 Å². The van der Waals surface area contributed by atoms with Crippen LogP contribution in [0.25, 0.3) is 11.5 Å². The zero-order valence-electron chi connectivity index (χ0n) is 13.5. The van der Waals surface area contributed by atoms with Crippen LogP contribution in [0.1, 0.15) is 0 Å². The van der Waals surface area contributed by atoms with Crippen molar-refractivity contribution in [1.29, 1.82) is 0 Å². The van der Waals surface area contributed by atoms with Gasteiger partial charge < -0.3 is 13.9 Å². The van der Waals surface area contributed by atoms with Crippen LogP contribution in [0.4, 0.5) is 0 Å². The van der Waals surface area contributed by atoms with Crippen molar-refractivity contribution < 1.29 is 22.3 Å². The quantitative estimate of drug-likeness (QED) is 0.593. The molecule has 3 aromatic rings. The lowest BCUT2D eigenvalue weighted by Crippen LogP contribution is -2.08. The normalized spacial score (nSPS) is 13.1. The summed E-state index contributed by atoms with van der Waals surface area (Å²) < 4.78 is 40.7. The Balaban J connectivity index is 1.40. The topological polar surface area (TPSA) is 91.5 Å². The number of ether oxygens (including phenoxy) is 2. The van der Waals surface area contributed by atoms with Crippen LogP contribution in [-0.2, 0) is 9.84 Å². The maximum atomic E-state index is 12.3. The van der Waals surface area contributed by atoms with E-state index in [1.165, 1.54) is 11.8 Å². The number of hydrogen-bond acceptors (Lipinski definition) is 8. The number of sulfone groups is 1. The van der Waals surface area contributed by atoms with Crippen molar-refractivity contribution in [1.82, 2.24) is 10.2 Å². The minimum Gasteiger partial charge on any atom is -0.454 e. The molecular weight excluding hydrogens is 376 g/mol. The van der Waals surface area contributed by atoms with Gasteiger partial charge in [-0.15, -0.1) is 10.2 Å². The summed E-state index contributed by atoms with van der Waals surface area (Å²) in [5.41, 5.74) is 0.713. The summed E-state index contributed by atoms with van der Waals surface area (Å²) in [6, 6.07) is 13.7. The molecule has 0 amide bonds. The molecule has 0 spiro atoms. The van der Waals surface area contributed by atoms with Gasteiger partial charge in [0.1, 0.15) is 0 Å². The molecule has 26 heavy (non-hydrogen) atoms. The Morgan fingerprint density at radius 3 is 2.65 bits per heavy atom. The highest BCUT2D eigenvalue weighted by molar-refractivity contribution is 8.00. The van der Waals surface area contributed by atoms with Crippen LogP contribution in [0, 0.1) is 0 Å². The Bertz CT molecular complexity index is 1020. The molecule has 1 aromatic heterocycles. The summed E-state index contributed by atoms with van der Waals surface area (Å²) in [4.78, 5) is 0.312. The van der Waals surface area contributed by atoms with Crippen LogP contribution < -0.4 is 9.47 Å². The van der Waals surface area contributed by atoms with Crippen LogP contribution in [0.15, 0.2) is 63.1 Å². The van der Waals surface area contributed by atoms with Crippen LogP contribution in [0.3, 0.4) is 0 Å². The molecule has 0 fully saturated rings. The summed E-state index contributed by atoms with van der Waals surface area (Å²) in [5, 5.41) is 8.28. The monoisotopic (exact) mass is 390 g/mol. The second kappa shape index (κ2) is 7.00. The Labute approximate surface area is 154 Å². The van der Waals surface area contributed by atoms with Gasteiger partial charge in [0.2, 0.25) is 12.7 Å². The average Bonchev–Trinajstić information content (AvgIpc) is 3.31. The molecule has 0 unspecified atom stereocenters. The minimum atomic E-state index is -3.32. The molecule has 0 saturated carbocycles. The molecule has 2 heterocycles. The maximum absolute atomic E-state index is 12.3. The van der Waals surface area contributed by atoms with E-state index >= 15 is 0 Å². The molecular formula is C17H14N2O5S2. The van der Waals surface area contributed by atoms with Gasteiger partial charge in [0.25, 0.3) is 5.22 Å². The lowest BCUT2D eigenvalue weighted by molar-refractivity contribution is 0.174. The average molecular weight is 390 g/mol. The molecule has 4 rings (SSSR count). The van der Waals surface area contributed by atoms with Crippen LogP contribution in [-0.4, -0.2) is 36.9 Å². The number of hydrogen-bond donors (Lipinski definition) is 0. The molecule has 2 aromatic carbocycles. The van der Waals surface area contributed by atoms with E-state index in [1.54, 1.807) is 48.5 Å². The van der Waals surface area contributed by atoms with Gasteiger partial charge in [-0.25, -0.2) is 8.42 Å². The minimum absolute atomic E-state index is 0.0105. The van der Waals surface area contributed by atoms with Crippen LogP contribution in [0.2, 0.25) is 0 Å². The first-order valence-electron chi connectivity index (χ1n) is 7.76. The molecule has 134 valence electrons. The first-order chi connectivity index (χ1) is 12.6. The molecule has 7 nitrogen and oxygen atoms in total. The van der Waals surface area contributed by atoms with E-state index in [0.717, 1.165) is 0 Å². The van der Waals surface area contributed by atoms with E-state index in [9.17, 15) is 8.42 Å². The number of rotatable bonds is 6. The first-order valence-corrected chi connectivity index (χ1v) is 10.4. The molecule has 1 aliphatic heterocycles. The fourth-order valence-corrected chi connectivity index (χ4v) is 4.83. The van der Waals surface area contributed by atoms with Crippen molar-refractivity contribution >= 4 is 21.6 Å². The second-order valence-corrected chi connectivity index (χ2v) is 8.58. The van der Waals surface area contributed by atoms with Gasteiger partial charge in [0, 0.05) is 11.3 Å². The van der Waals surface area contributed by atoms with Gasteiger partial charge >= 0.3 is 0 Å². The highest BCUT2D eigenvalue weighted by Gasteiger charge is 2.18. The third-order valence-electron chi connectivity index (χ3n) is 3.71. The van der Waals surface area contributed by atoms with Gasteiger partial charge in [0.05, 0.1) is 10.6 Å². The molecule has 0 bridgehead atoms. The van der Waals surface area contributed by atoms with E-state index in [1.807, 2.05) is 0 Å². The summed E-state index contributed by atoms with van der Waals surface area (Å²) in [6.45, 7) is 0.194. The lowest BCUT2D eigenvalue weighted by atomic mass is 10.2. The number of benzene rings is 2. The molecule has 0 saturated heterocycles. The molecule has 1 aliphatic rings. The summed E-state index contributed by atoms with van der Waals surface area (Å²) >= 11 is 1.21. The Kier molecular flexibility index (Phi) is 4.56. The summed E-state index contributed by atoms with van der Waals surface area (Å²) in [5.74, 6) is 1.96. The fourth-order valence-electron chi connectivity index (χ4n) is 2.40. The zero-order chi connectivity index (χ0) is 18.0. The van der Waals surface area contributed by atoms with E-state index in [0.29, 0.717) is 38.8 Å². The van der Waals surface area contributed by atoms with E-state index in [2.05, 4.69) is 10.2 Å². The number of aromatic nitrogens is 2. The number of thioether (sulfide) groups is 1. The maximum Gasteiger partial charge on any atom is 0.276 e. The first kappa shape index (κ1) is 16.9. The van der Waals surface area contributed by atoms with Crippen LogP contribution >= 0.6 is 11.8 Å². The van der Waals surface area contributed by atoms with Crippen molar-refractivity contribution in [3.8, 4) is 23.0 Å². The Morgan fingerprint density at radius 2 is 1.81 bits per heavy atom. The van der Waals surface area contributed by atoms with E-state index in [-0.39, 0.29) is 12.5 Å². The van der Waals surface area contributed by atoms with Crippen molar-refractivity contribution in [2.75, 3.05) is 18.3 Å². The van der Waals surface area contributed by atoms with Gasteiger partial charge in [-0.2, -0.15) is 0 Å². The standard InChI is InChI=1S/C17H14N2O5S2/c20-26(21,13-4-2-1-3-5-13)9-8-25-17-19-18-16(24-17)12-6-7-14-15(10-12)23-11-22-14/h1-7,10H,8-9,11H2.